The Kier molecular flexibility index (Phi) is 4.75. The smallest absolute Gasteiger partial charge is 0.172 e. The molecule has 0 aliphatic heterocycles. The highest BCUT2D eigenvalue weighted by molar-refractivity contribution is 7.99. The minimum absolute atomic E-state index is 0.128. The third-order valence-corrected chi connectivity index (χ3v) is 4.48. The van der Waals surface area contributed by atoms with Crippen LogP contribution >= 0.6 is 11.8 Å². The first-order chi connectivity index (χ1) is 8.66. The van der Waals surface area contributed by atoms with E-state index in [0.29, 0.717) is 5.75 Å². The normalized spacial score (nSPS) is 16.1. The lowest BCUT2D eigenvalue weighted by atomic mass is 10.1. The summed E-state index contributed by atoms with van der Waals surface area (Å²) in [5.74, 6) is 0.0771. The summed E-state index contributed by atoms with van der Waals surface area (Å²) in [7, 11) is 0. The predicted octanol–water partition coefficient (Wildman–Crippen LogP) is 4.07. The Morgan fingerprint density at radius 2 is 1.94 bits per heavy atom. The molecule has 4 heteroatoms. The molecule has 1 aromatic rings. The van der Waals surface area contributed by atoms with Gasteiger partial charge in [-0.2, -0.15) is 11.8 Å². The largest absolute Gasteiger partial charge is 0.293 e. The van der Waals surface area contributed by atoms with Crippen LogP contribution in [0.25, 0.3) is 0 Å². The minimum Gasteiger partial charge on any atom is -0.293 e. The van der Waals surface area contributed by atoms with Gasteiger partial charge in [0.05, 0.1) is 5.75 Å². The molecule has 1 saturated carbocycles. The zero-order chi connectivity index (χ0) is 13.0. The van der Waals surface area contributed by atoms with Crippen molar-refractivity contribution in [2.75, 3.05) is 11.5 Å². The van der Waals surface area contributed by atoms with Crippen LogP contribution in [0.2, 0.25) is 0 Å². The van der Waals surface area contributed by atoms with Gasteiger partial charge in [0.1, 0.15) is 0 Å². The van der Waals surface area contributed by atoms with E-state index in [9.17, 15) is 13.6 Å². The van der Waals surface area contributed by atoms with Crippen molar-refractivity contribution in [1.29, 1.82) is 0 Å². The van der Waals surface area contributed by atoms with Gasteiger partial charge in [-0.1, -0.05) is 12.8 Å². The molecular formula is C14H16F2OS. The molecule has 1 aliphatic carbocycles. The van der Waals surface area contributed by atoms with Crippen LogP contribution in [0.1, 0.15) is 36.0 Å². The third kappa shape index (κ3) is 3.55. The number of hydrogen-bond acceptors (Lipinski definition) is 2. The summed E-state index contributed by atoms with van der Waals surface area (Å²) in [5, 5.41) is 0. The van der Waals surface area contributed by atoms with Crippen molar-refractivity contribution < 1.29 is 13.6 Å². The van der Waals surface area contributed by atoms with E-state index in [1.807, 2.05) is 0 Å². The van der Waals surface area contributed by atoms with Crippen LogP contribution in [0, 0.1) is 17.6 Å². The van der Waals surface area contributed by atoms with Gasteiger partial charge in [0.2, 0.25) is 0 Å². The molecule has 0 N–H and O–H groups in total. The van der Waals surface area contributed by atoms with E-state index in [2.05, 4.69) is 0 Å². The van der Waals surface area contributed by atoms with Gasteiger partial charge in [0.25, 0.3) is 0 Å². The molecule has 98 valence electrons. The molecule has 1 nitrogen and oxygen atoms in total. The number of thioether (sulfide) groups is 1. The van der Waals surface area contributed by atoms with Gasteiger partial charge >= 0.3 is 0 Å². The number of ketones is 1. The fourth-order valence-electron chi connectivity index (χ4n) is 2.25. The summed E-state index contributed by atoms with van der Waals surface area (Å²) in [6, 6.07) is 3.33. The summed E-state index contributed by atoms with van der Waals surface area (Å²) in [5.41, 5.74) is 0.257. The fraction of sp³-hybridized carbons (Fsp3) is 0.500. The lowest BCUT2D eigenvalue weighted by Gasteiger charge is -2.07. The Hall–Kier alpha value is -0.900. The Balaban J connectivity index is 1.81. The zero-order valence-corrected chi connectivity index (χ0v) is 10.9. The first kappa shape index (κ1) is 13.5. The van der Waals surface area contributed by atoms with Gasteiger partial charge in [-0.05, 0) is 42.7 Å². The Morgan fingerprint density at radius 3 is 2.61 bits per heavy atom. The Morgan fingerprint density at radius 1 is 1.22 bits per heavy atom. The summed E-state index contributed by atoms with van der Waals surface area (Å²) < 4.78 is 25.7. The molecule has 18 heavy (non-hydrogen) atoms. The van der Waals surface area contributed by atoms with Crippen LogP contribution in [0.4, 0.5) is 8.78 Å². The maximum atomic E-state index is 13.0. The maximum absolute atomic E-state index is 13.0. The van der Waals surface area contributed by atoms with Gasteiger partial charge in [-0.15, -0.1) is 0 Å². The van der Waals surface area contributed by atoms with Crippen molar-refractivity contribution in [1.82, 2.24) is 0 Å². The van der Waals surface area contributed by atoms with Gasteiger partial charge in [-0.3, -0.25) is 4.79 Å². The van der Waals surface area contributed by atoms with Crippen molar-refractivity contribution in [3.63, 3.8) is 0 Å². The molecule has 2 rings (SSSR count). The van der Waals surface area contributed by atoms with Gasteiger partial charge in [-0.25, -0.2) is 8.78 Å². The van der Waals surface area contributed by atoms with E-state index in [-0.39, 0.29) is 11.3 Å². The molecule has 0 bridgehead atoms. The minimum atomic E-state index is -0.957. The second kappa shape index (κ2) is 6.32. The van der Waals surface area contributed by atoms with Gasteiger partial charge in [0.15, 0.2) is 17.4 Å². The van der Waals surface area contributed by atoms with Crippen molar-refractivity contribution >= 4 is 17.5 Å². The lowest BCUT2D eigenvalue weighted by Crippen LogP contribution is -2.06. The molecule has 1 aliphatic rings. The highest BCUT2D eigenvalue weighted by Gasteiger charge is 2.16. The standard InChI is InChI=1S/C14H16F2OS/c15-12-6-5-11(7-13(12)16)14(17)9-18-8-10-3-1-2-4-10/h5-7,10H,1-4,8-9H2. The van der Waals surface area contributed by atoms with Crippen LogP contribution in [0.5, 0.6) is 0 Å². The molecule has 0 aromatic heterocycles. The van der Waals surface area contributed by atoms with E-state index in [4.69, 9.17) is 0 Å². The highest BCUT2D eigenvalue weighted by atomic mass is 32.2. The number of hydrogen-bond donors (Lipinski definition) is 0. The number of carbonyl (C=O) groups excluding carboxylic acids is 1. The molecule has 0 atom stereocenters. The molecule has 0 spiro atoms. The quantitative estimate of drug-likeness (QED) is 0.750. The van der Waals surface area contributed by atoms with Crippen LogP contribution in [-0.2, 0) is 0 Å². The average Bonchev–Trinajstić information content (AvgIpc) is 2.85. The number of halogens is 2. The maximum Gasteiger partial charge on any atom is 0.172 e. The molecule has 0 radical (unpaired) electrons. The van der Waals surface area contributed by atoms with Crippen LogP contribution < -0.4 is 0 Å². The zero-order valence-electron chi connectivity index (χ0n) is 10.1. The lowest BCUT2D eigenvalue weighted by molar-refractivity contribution is 0.102. The number of benzene rings is 1. The number of rotatable bonds is 5. The number of Topliss-reactive ketones (excluding diaryl/α,β-unsaturated/α-hetero) is 1. The topological polar surface area (TPSA) is 17.1 Å². The van der Waals surface area contributed by atoms with E-state index in [1.165, 1.54) is 31.7 Å². The number of carbonyl (C=O) groups is 1. The first-order valence-corrected chi connectivity index (χ1v) is 7.38. The predicted molar refractivity (Wildman–Crippen MR) is 70.0 cm³/mol. The van der Waals surface area contributed by atoms with Crippen LogP contribution in [0.3, 0.4) is 0 Å². The van der Waals surface area contributed by atoms with Crippen LogP contribution in [-0.4, -0.2) is 17.3 Å². The van der Waals surface area contributed by atoms with Crippen molar-refractivity contribution in [3.8, 4) is 0 Å². The molecule has 1 fully saturated rings. The van der Waals surface area contributed by atoms with Crippen LogP contribution in [0.15, 0.2) is 18.2 Å². The second-order valence-electron chi connectivity index (χ2n) is 4.72. The van der Waals surface area contributed by atoms with Crippen molar-refractivity contribution in [2.24, 2.45) is 5.92 Å². The SMILES string of the molecule is O=C(CSCC1CCCC1)c1ccc(F)c(F)c1. The van der Waals surface area contributed by atoms with E-state index in [1.54, 1.807) is 11.8 Å². The highest BCUT2D eigenvalue weighted by Crippen LogP contribution is 2.28. The first-order valence-electron chi connectivity index (χ1n) is 6.23. The Bertz CT molecular complexity index is 428. The summed E-state index contributed by atoms with van der Waals surface area (Å²) in [6.45, 7) is 0. The van der Waals surface area contributed by atoms with E-state index >= 15 is 0 Å². The Labute approximate surface area is 110 Å². The third-order valence-electron chi connectivity index (χ3n) is 3.30. The van der Waals surface area contributed by atoms with Crippen molar-refractivity contribution in [2.45, 2.75) is 25.7 Å². The molecule has 0 heterocycles. The monoisotopic (exact) mass is 270 g/mol. The fourth-order valence-corrected chi connectivity index (χ4v) is 3.38. The van der Waals surface area contributed by atoms with Gasteiger partial charge in [0, 0.05) is 5.56 Å². The molecule has 0 amide bonds. The molecule has 1 aromatic carbocycles. The molecule has 0 saturated heterocycles. The molecular weight excluding hydrogens is 254 g/mol. The summed E-state index contributed by atoms with van der Waals surface area (Å²) >= 11 is 1.60. The van der Waals surface area contributed by atoms with E-state index in [0.717, 1.165) is 23.8 Å². The molecule has 0 unspecified atom stereocenters. The van der Waals surface area contributed by atoms with E-state index < -0.39 is 11.6 Å². The van der Waals surface area contributed by atoms with Crippen molar-refractivity contribution in [3.05, 3.63) is 35.4 Å². The van der Waals surface area contributed by atoms with Gasteiger partial charge < -0.3 is 0 Å². The summed E-state index contributed by atoms with van der Waals surface area (Å²) in [6.07, 6.45) is 5.10. The summed E-state index contributed by atoms with van der Waals surface area (Å²) in [4.78, 5) is 11.8. The second-order valence-corrected chi connectivity index (χ2v) is 5.75. The average molecular weight is 270 g/mol.